The minimum absolute atomic E-state index is 0.345. The number of hydrogen-bond acceptors (Lipinski definition) is 3. The van der Waals surface area contributed by atoms with E-state index in [2.05, 4.69) is 0 Å². The quantitative estimate of drug-likeness (QED) is 0.764. The average Bonchev–Trinajstić information content (AvgIpc) is 2.27. The van der Waals surface area contributed by atoms with E-state index >= 15 is 0 Å². The highest BCUT2D eigenvalue weighted by Crippen LogP contribution is 2.28. The van der Waals surface area contributed by atoms with Crippen molar-refractivity contribution in [3.63, 3.8) is 0 Å². The number of amides is 1. The van der Waals surface area contributed by atoms with Gasteiger partial charge in [-0.2, -0.15) is 0 Å². The standard InChI is InChI=1S/C14H18N2O2/c1-14(2,3)18-13(17)16-9-8-11(15)10-6-4-5-7-12(10)16/h4-7,15H,8-9H2,1-3H3. The molecule has 96 valence electrons. The fourth-order valence-electron chi connectivity index (χ4n) is 1.95. The zero-order valence-electron chi connectivity index (χ0n) is 11.0. The molecule has 1 heterocycles. The lowest BCUT2D eigenvalue weighted by Gasteiger charge is -2.31. The monoisotopic (exact) mass is 246 g/mol. The van der Waals surface area contributed by atoms with Crippen LogP contribution >= 0.6 is 0 Å². The highest BCUT2D eigenvalue weighted by Gasteiger charge is 2.28. The summed E-state index contributed by atoms with van der Waals surface area (Å²) in [6.07, 6.45) is 0.221. The number of anilines is 1. The molecule has 1 amide bonds. The topological polar surface area (TPSA) is 53.4 Å². The van der Waals surface area contributed by atoms with Gasteiger partial charge >= 0.3 is 6.09 Å². The minimum atomic E-state index is -0.503. The molecule has 4 heteroatoms. The summed E-state index contributed by atoms with van der Waals surface area (Å²) >= 11 is 0. The molecule has 0 saturated heterocycles. The molecule has 4 nitrogen and oxygen atoms in total. The molecule has 1 aliphatic heterocycles. The Hall–Kier alpha value is -1.84. The molecule has 1 N–H and O–H groups in total. The van der Waals surface area contributed by atoms with Gasteiger partial charge in [-0.15, -0.1) is 0 Å². The summed E-state index contributed by atoms with van der Waals surface area (Å²) in [6.45, 7) is 6.05. The van der Waals surface area contributed by atoms with Crippen LogP contribution in [0.5, 0.6) is 0 Å². The summed E-state index contributed by atoms with van der Waals surface area (Å²) in [7, 11) is 0. The average molecular weight is 246 g/mol. The fraction of sp³-hybridized carbons (Fsp3) is 0.429. The summed E-state index contributed by atoms with van der Waals surface area (Å²) in [5, 5.41) is 7.90. The SMILES string of the molecule is CC(C)(C)OC(=O)N1CCC(=N)c2ccccc21. The van der Waals surface area contributed by atoms with Crippen molar-refractivity contribution in [1.29, 1.82) is 5.41 Å². The maximum atomic E-state index is 12.1. The Labute approximate surface area is 107 Å². The second-order valence-corrected chi connectivity index (χ2v) is 5.38. The normalized spacial score (nSPS) is 15.3. The van der Waals surface area contributed by atoms with Crippen LogP contribution in [0.25, 0.3) is 0 Å². The predicted molar refractivity (Wildman–Crippen MR) is 71.5 cm³/mol. The first-order valence-electron chi connectivity index (χ1n) is 6.06. The van der Waals surface area contributed by atoms with Crippen molar-refractivity contribution in [2.24, 2.45) is 0 Å². The third-order valence-electron chi connectivity index (χ3n) is 2.72. The molecular formula is C14H18N2O2. The Balaban J connectivity index is 2.29. The van der Waals surface area contributed by atoms with Gasteiger partial charge in [0.05, 0.1) is 5.69 Å². The molecule has 0 fully saturated rings. The number of rotatable bonds is 0. The van der Waals surface area contributed by atoms with Crippen molar-refractivity contribution in [2.45, 2.75) is 32.8 Å². The number of carbonyl (C=O) groups excluding carboxylic acids is 1. The van der Waals surface area contributed by atoms with E-state index in [1.54, 1.807) is 4.90 Å². The van der Waals surface area contributed by atoms with Crippen LogP contribution in [0.2, 0.25) is 0 Å². The molecular weight excluding hydrogens is 228 g/mol. The second kappa shape index (κ2) is 4.44. The van der Waals surface area contributed by atoms with Gasteiger partial charge in [-0.25, -0.2) is 4.79 Å². The van der Waals surface area contributed by atoms with Crippen molar-refractivity contribution in [2.75, 3.05) is 11.4 Å². The molecule has 0 unspecified atom stereocenters. The van der Waals surface area contributed by atoms with Crippen LogP contribution in [0.4, 0.5) is 10.5 Å². The lowest BCUT2D eigenvalue weighted by atomic mass is 10.0. The van der Waals surface area contributed by atoms with Gasteiger partial charge in [-0.3, -0.25) is 4.90 Å². The van der Waals surface area contributed by atoms with Gasteiger partial charge in [0.15, 0.2) is 0 Å². The molecule has 1 aliphatic rings. The van der Waals surface area contributed by atoms with Gasteiger partial charge in [0.25, 0.3) is 0 Å². The van der Waals surface area contributed by atoms with Crippen LogP contribution < -0.4 is 4.90 Å². The molecule has 0 bridgehead atoms. The molecule has 0 saturated carbocycles. The number of nitrogens with zero attached hydrogens (tertiary/aromatic N) is 1. The number of para-hydroxylation sites is 1. The highest BCUT2D eigenvalue weighted by atomic mass is 16.6. The predicted octanol–water partition coefficient (Wildman–Crippen LogP) is 3.20. The summed E-state index contributed by atoms with van der Waals surface area (Å²) in [4.78, 5) is 13.7. The van der Waals surface area contributed by atoms with E-state index in [1.807, 2.05) is 45.0 Å². The lowest BCUT2D eigenvalue weighted by Crippen LogP contribution is -2.41. The summed E-state index contributed by atoms with van der Waals surface area (Å²) in [6, 6.07) is 7.47. The lowest BCUT2D eigenvalue weighted by molar-refractivity contribution is 0.0580. The highest BCUT2D eigenvalue weighted by molar-refractivity contribution is 6.08. The molecule has 2 rings (SSSR count). The van der Waals surface area contributed by atoms with Crippen LogP contribution in [0.1, 0.15) is 32.8 Å². The molecule has 0 atom stereocenters. The molecule has 0 radical (unpaired) electrons. The first kappa shape index (κ1) is 12.6. The van der Waals surface area contributed by atoms with Gasteiger partial charge in [-0.1, -0.05) is 18.2 Å². The van der Waals surface area contributed by atoms with Crippen molar-refractivity contribution >= 4 is 17.5 Å². The second-order valence-electron chi connectivity index (χ2n) is 5.38. The van der Waals surface area contributed by atoms with Gasteiger partial charge in [0.2, 0.25) is 0 Å². The van der Waals surface area contributed by atoms with Gasteiger partial charge < -0.3 is 10.1 Å². The summed E-state index contributed by atoms with van der Waals surface area (Å²) < 4.78 is 5.39. The van der Waals surface area contributed by atoms with E-state index in [4.69, 9.17) is 10.1 Å². The molecule has 1 aromatic rings. The van der Waals surface area contributed by atoms with Crippen LogP contribution in [0.3, 0.4) is 0 Å². The molecule has 0 spiro atoms. The number of ether oxygens (including phenoxy) is 1. The van der Waals surface area contributed by atoms with Crippen molar-refractivity contribution < 1.29 is 9.53 Å². The van der Waals surface area contributed by atoms with E-state index in [1.165, 1.54) is 0 Å². The fourth-order valence-corrected chi connectivity index (χ4v) is 1.95. The third kappa shape index (κ3) is 2.53. The van der Waals surface area contributed by atoms with E-state index < -0.39 is 5.60 Å². The Morgan fingerprint density at radius 2 is 2.00 bits per heavy atom. The summed E-state index contributed by atoms with van der Waals surface area (Å²) in [5.74, 6) is 0. The number of benzene rings is 1. The van der Waals surface area contributed by atoms with Crippen LogP contribution in [-0.2, 0) is 4.74 Å². The third-order valence-corrected chi connectivity index (χ3v) is 2.72. The van der Waals surface area contributed by atoms with E-state index in [9.17, 15) is 4.79 Å². The van der Waals surface area contributed by atoms with Crippen molar-refractivity contribution in [3.05, 3.63) is 29.8 Å². The zero-order chi connectivity index (χ0) is 13.3. The van der Waals surface area contributed by atoms with E-state index in [-0.39, 0.29) is 6.09 Å². The summed E-state index contributed by atoms with van der Waals surface area (Å²) in [5.41, 5.74) is 1.65. The largest absolute Gasteiger partial charge is 0.443 e. The molecule has 0 aliphatic carbocycles. The Morgan fingerprint density at radius 3 is 2.67 bits per heavy atom. The maximum Gasteiger partial charge on any atom is 0.414 e. The number of hydrogen-bond donors (Lipinski definition) is 1. The molecule has 18 heavy (non-hydrogen) atoms. The first-order chi connectivity index (χ1) is 8.38. The van der Waals surface area contributed by atoms with Crippen molar-refractivity contribution in [3.8, 4) is 0 Å². The van der Waals surface area contributed by atoms with Crippen molar-refractivity contribution in [1.82, 2.24) is 0 Å². The molecule has 0 aromatic heterocycles. The van der Waals surface area contributed by atoms with E-state index in [0.29, 0.717) is 18.7 Å². The van der Waals surface area contributed by atoms with Crippen LogP contribution in [0, 0.1) is 5.41 Å². The van der Waals surface area contributed by atoms with Crippen LogP contribution in [-0.4, -0.2) is 24.0 Å². The van der Waals surface area contributed by atoms with E-state index in [0.717, 1.165) is 11.3 Å². The Kier molecular flexibility index (Phi) is 3.11. The molecule has 1 aromatic carbocycles. The van der Waals surface area contributed by atoms with Gasteiger partial charge in [0.1, 0.15) is 5.60 Å². The maximum absolute atomic E-state index is 12.1. The smallest absolute Gasteiger partial charge is 0.414 e. The number of nitrogens with one attached hydrogen (secondary N) is 1. The minimum Gasteiger partial charge on any atom is -0.443 e. The number of fused-ring (bicyclic) bond motifs is 1. The Morgan fingerprint density at radius 1 is 1.33 bits per heavy atom. The number of carbonyl (C=O) groups is 1. The first-order valence-corrected chi connectivity index (χ1v) is 6.06. The van der Waals surface area contributed by atoms with Gasteiger partial charge in [-0.05, 0) is 26.8 Å². The zero-order valence-corrected chi connectivity index (χ0v) is 11.0. The van der Waals surface area contributed by atoms with Gasteiger partial charge in [0, 0.05) is 24.2 Å². The Bertz CT molecular complexity index is 489. The van der Waals surface area contributed by atoms with Crippen LogP contribution in [0.15, 0.2) is 24.3 Å².